The molecule has 3 rings (SSSR count). The second-order valence-electron chi connectivity index (χ2n) is 6.40. The van der Waals surface area contributed by atoms with E-state index < -0.39 is 23.6 Å². The monoisotopic (exact) mass is 482 g/mol. The van der Waals surface area contributed by atoms with Crippen LogP contribution in [0, 0.1) is 5.82 Å². The quantitative estimate of drug-likeness (QED) is 0.621. The predicted molar refractivity (Wildman–Crippen MR) is 98.5 cm³/mol. The van der Waals surface area contributed by atoms with Crippen molar-refractivity contribution in [1.82, 2.24) is 19.6 Å². The maximum absolute atomic E-state index is 13.9. The fraction of sp³-hybridized carbons (Fsp3) is 0.412. The van der Waals surface area contributed by atoms with Crippen LogP contribution in [0.15, 0.2) is 22.7 Å². The van der Waals surface area contributed by atoms with Gasteiger partial charge in [-0.25, -0.2) is 4.39 Å². The first kappa shape index (κ1) is 21.1. The first-order valence-corrected chi connectivity index (χ1v) is 9.51. The molecular formula is C17H16BrClF4N4O. The van der Waals surface area contributed by atoms with Crippen LogP contribution in [0.1, 0.15) is 21.7 Å². The molecule has 2 aromatic rings. The Morgan fingerprint density at radius 3 is 2.43 bits per heavy atom. The van der Waals surface area contributed by atoms with E-state index >= 15 is 0 Å². The molecule has 152 valence electrons. The first-order valence-electron chi connectivity index (χ1n) is 8.33. The Bertz CT molecular complexity index is 874. The van der Waals surface area contributed by atoms with Crippen molar-refractivity contribution < 1.29 is 22.4 Å². The molecule has 28 heavy (non-hydrogen) atoms. The molecule has 0 unspecified atom stereocenters. The Kier molecular flexibility index (Phi) is 6.02. The SMILES string of the molecule is Cn1nc(C(=O)N2CCN(Cc3c(F)cccc3Cl)CC2)c(Br)c1C(F)(F)F. The van der Waals surface area contributed by atoms with E-state index in [4.69, 9.17) is 11.6 Å². The van der Waals surface area contributed by atoms with Gasteiger partial charge in [0.1, 0.15) is 5.82 Å². The minimum atomic E-state index is -4.63. The van der Waals surface area contributed by atoms with Gasteiger partial charge in [-0.05, 0) is 28.1 Å². The summed E-state index contributed by atoms with van der Waals surface area (Å²) in [6, 6.07) is 4.46. The summed E-state index contributed by atoms with van der Waals surface area (Å²) in [5, 5.41) is 4.07. The number of amides is 1. The Hall–Kier alpha value is -1.65. The molecule has 0 spiro atoms. The van der Waals surface area contributed by atoms with Crippen molar-refractivity contribution in [2.75, 3.05) is 26.2 Å². The highest BCUT2D eigenvalue weighted by Gasteiger charge is 2.40. The van der Waals surface area contributed by atoms with Crippen molar-refractivity contribution in [2.45, 2.75) is 12.7 Å². The summed E-state index contributed by atoms with van der Waals surface area (Å²) in [6.45, 7) is 1.74. The average molecular weight is 484 g/mol. The van der Waals surface area contributed by atoms with Crippen LogP contribution in [0.3, 0.4) is 0 Å². The molecule has 0 aliphatic carbocycles. The van der Waals surface area contributed by atoms with Crippen LogP contribution in [0.25, 0.3) is 0 Å². The van der Waals surface area contributed by atoms with Gasteiger partial charge in [0.25, 0.3) is 5.91 Å². The fourth-order valence-electron chi connectivity index (χ4n) is 3.11. The first-order chi connectivity index (χ1) is 13.1. The van der Waals surface area contributed by atoms with Gasteiger partial charge in [0, 0.05) is 50.4 Å². The zero-order valence-electron chi connectivity index (χ0n) is 14.7. The number of aromatic nitrogens is 2. The van der Waals surface area contributed by atoms with E-state index in [1.54, 1.807) is 6.07 Å². The van der Waals surface area contributed by atoms with Gasteiger partial charge >= 0.3 is 6.18 Å². The van der Waals surface area contributed by atoms with Gasteiger partial charge < -0.3 is 4.90 Å². The molecule has 2 heterocycles. The van der Waals surface area contributed by atoms with Gasteiger partial charge in [-0.3, -0.25) is 14.4 Å². The van der Waals surface area contributed by atoms with Gasteiger partial charge in [0.2, 0.25) is 0 Å². The normalized spacial score (nSPS) is 15.9. The summed E-state index contributed by atoms with van der Waals surface area (Å²) in [4.78, 5) is 16.0. The molecule has 1 aromatic carbocycles. The number of hydrogen-bond acceptors (Lipinski definition) is 3. The minimum absolute atomic E-state index is 0.277. The Morgan fingerprint density at radius 2 is 1.89 bits per heavy atom. The predicted octanol–water partition coefficient (Wildman–Crippen LogP) is 3.95. The Morgan fingerprint density at radius 1 is 1.25 bits per heavy atom. The lowest BCUT2D eigenvalue weighted by Gasteiger charge is -2.34. The average Bonchev–Trinajstić information content (AvgIpc) is 2.92. The van der Waals surface area contributed by atoms with E-state index in [0.717, 1.165) is 7.05 Å². The Labute approximate surface area is 172 Å². The van der Waals surface area contributed by atoms with Gasteiger partial charge in [-0.15, -0.1) is 0 Å². The van der Waals surface area contributed by atoms with Crippen LogP contribution in [0.5, 0.6) is 0 Å². The molecule has 11 heteroatoms. The zero-order valence-corrected chi connectivity index (χ0v) is 17.1. The topological polar surface area (TPSA) is 41.4 Å². The largest absolute Gasteiger partial charge is 0.434 e. The van der Waals surface area contributed by atoms with Crippen LogP contribution in [0.2, 0.25) is 5.02 Å². The summed E-state index contributed by atoms with van der Waals surface area (Å²) in [7, 11) is 1.14. The molecule has 0 bridgehead atoms. The molecule has 5 nitrogen and oxygen atoms in total. The number of aryl methyl sites for hydroxylation is 1. The molecule has 1 amide bonds. The molecule has 1 saturated heterocycles. The number of nitrogens with zero attached hydrogens (tertiary/aromatic N) is 4. The standard InChI is InChI=1S/C17H16BrClF4N4O/c1-25-15(17(21,22)23)13(18)14(24-25)16(28)27-7-5-26(6-8-27)9-10-11(19)3-2-4-12(10)20/h2-4H,5-9H2,1H3. The van der Waals surface area contributed by atoms with E-state index in [9.17, 15) is 22.4 Å². The van der Waals surface area contributed by atoms with Crippen molar-refractivity contribution >= 4 is 33.4 Å². The molecular weight excluding hydrogens is 468 g/mol. The Balaban J connectivity index is 1.68. The lowest BCUT2D eigenvalue weighted by Crippen LogP contribution is -2.48. The summed E-state index contributed by atoms with van der Waals surface area (Å²) in [6.07, 6.45) is -4.63. The van der Waals surface area contributed by atoms with Gasteiger partial charge in [-0.1, -0.05) is 17.7 Å². The van der Waals surface area contributed by atoms with Gasteiger partial charge in [0.05, 0.1) is 4.47 Å². The van der Waals surface area contributed by atoms with Crippen LogP contribution in [0.4, 0.5) is 17.6 Å². The number of carbonyl (C=O) groups is 1. The number of carbonyl (C=O) groups excluding carboxylic acids is 1. The maximum atomic E-state index is 13.9. The van der Waals surface area contributed by atoms with E-state index in [1.807, 2.05) is 4.90 Å². The minimum Gasteiger partial charge on any atom is -0.335 e. The highest BCUT2D eigenvalue weighted by molar-refractivity contribution is 9.10. The third-order valence-electron chi connectivity index (χ3n) is 4.56. The van der Waals surface area contributed by atoms with Crippen LogP contribution in [-0.4, -0.2) is 51.7 Å². The van der Waals surface area contributed by atoms with Gasteiger partial charge in [-0.2, -0.15) is 18.3 Å². The highest BCUT2D eigenvalue weighted by Crippen LogP contribution is 2.36. The molecule has 0 N–H and O–H groups in total. The number of benzene rings is 1. The van der Waals surface area contributed by atoms with Crippen LogP contribution < -0.4 is 0 Å². The zero-order chi connectivity index (χ0) is 20.6. The van der Waals surface area contributed by atoms with Crippen LogP contribution in [-0.2, 0) is 19.8 Å². The molecule has 0 saturated carbocycles. The molecule has 1 aromatic heterocycles. The molecule has 1 fully saturated rings. The van der Waals surface area contributed by atoms with Gasteiger partial charge in [0.15, 0.2) is 11.4 Å². The third-order valence-corrected chi connectivity index (χ3v) is 5.67. The maximum Gasteiger partial charge on any atom is 0.434 e. The highest BCUT2D eigenvalue weighted by atomic mass is 79.9. The van der Waals surface area contributed by atoms with Crippen molar-refractivity contribution in [2.24, 2.45) is 7.05 Å². The fourth-order valence-corrected chi connectivity index (χ4v) is 4.06. The molecule has 1 aliphatic heterocycles. The van der Waals surface area contributed by atoms with E-state index in [1.165, 1.54) is 17.0 Å². The second kappa shape index (κ2) is 8.00. The van der Waals surface area contributed by atoms with Crippen molar-refractivity contribution in [3.05, 3.63) is 50.5 Å². The molecule has 1 aliphatic rings. The van der Waals surface area contributed by atoms with Crippen LogP contribution >= 0.6 is 27.5 Å². The lowest BCUT2D eigenvalue weighted by atomic mass is 10.1. The number of hydrogen-bond donors (Lipinski definition) is 0. The van der Waals surface area contributed by atoms with Crippen molar-refractivity contribution in [3.63, 3.8) is 0 Å². The number of rotatable bonds is 3. The molecule has 0 radical (unpaired) electrons. The third kappa shape index (κ3) is 4.18. The second-order valence-corrected chi connectivity index (χ2v) is 7.60. The number of alkyl halides is 3. The number of halogens is 6. The summed E-state index contributed by atoms with van der Waals surface area (Å²) >= 11 is 8.90. The lowest BCUT2D eigenvalue weighted by molar-refractivity contribution is -0.144. The number of piperazine rings is 1. The molecule has 0 atom stereocenters. The van der Waals surface area contributed by atoms with E-state index in [2.05, 4.69) is 21.0 Å². The summed E-state index contributed by atoms with van der Waals surface area (Å²) < 4.78 is 53.5. The summed E-state index contributed by atoms with van der Waals surface area (Å²) in [5.74, 6) is -0.982. The van der Waals surface area contributed by atoms with E-state index in [-0.39, 0.29) is 23.3 Å². The summed E-state index contributed by atoms with van der Waals surface area (Å²) in [5.41, 5.74) is -0.907. The van der Waals surface area contributed by atoms with Crippen molar-refractivity contribution in [1.29, 1.82) is 0 Å². The van der Waals surface area contributed by atoms with Crippen molar-refractivity contribution in [3.8, 4) is 0 Å². The van der Waals surface area contributed by atoms with E-state index in [0.29, 0.717) is 34.9 Å². The smallest absolute Gasteiger partial charge is 0.335 e.